The quantitative estimate of drug-likeness (QED) is 0.275. The third kappa shape index (κ3) is 2.81. The van der Waals surface area contributed by atoms with Gasteiger partial charge in [-0.25, -0.2) is 0 Å². The Hall–Kier alpha value is -2.87. The fourth-order valence-electron chi connectivity index (χ4n) is 5.01. The van der Waals surface area contributed by atoms with Gasteiger partial charge in [-0.1, -0.05) is 45.0 Å². The van der Waals surface area contributed by atoms with E-state index in [1.54, 1.807) is 0 Å². The van der Waals surface area contributed by atoms with Gasteiger partial charge in [-0.2, -0.15) is 4.57 Å². The second kappa shape index (κ2) is 6.31. The number of hydrogen-bond donors (Lipinski definition) is 0. The highest BCUT2D eigenvalue weighted by Gasteiger charge is 2.32. The molecule has 1 aliphatic rings. The number of fused-ring (bicyclic) bond motifs is 3. The van der Waals surface area contributed by atoms with E-state index in [0.29, 0.717) is 0 Å². The number of hydrogen-bond acceptors (Lipinski definition) is 1. The number of ether oxygens (including phenoxy) is 1. The Morgan fingerprint density at radius 1 is 0.900 bits per heavy atom. The molecule has 0 amide bonds. The maximum Gasteiger partial charge on any atom is 0.256 e. The van der Waals surface area contributed by atoms with E-state index < -0.39 is 0 Å². The van der Waals surface area contributed by atoms with Gasteiger partial charge < -0.3 is 4.74 Å². The van der Waals surface area contributed by atoms with Gasteiger partial charge >= 0.3 is 0 Å². The molecule has 0 spiro atoms. The monoisotopic (exact) mass is 396 g/mol. The molecule has 0 saturated carbocycles. The lowest BCUT2D eigenvalue weighted by Crippen LogP contribution is -2.33. The van der Waals surface area contributed by atoms with Crippen molar-refractivity contribution in [2.75, 3.05) is 0 Å². The summed E-state index contributed by atoms with van der Waals surface area (Å²) in [5, 5.41) is 3.76. The first-order chi connectivity index (χ1) is 14.1. The number of nitrogens with zero attached hydrogens (tertiary/aromatic N) is 1. The first kappa shape index (κ1) is 19.1. The molecule has 3 aromatic carbocycles. The Morgan fingerprint density at radius 3 is 2.40 bits per heavy atom. The molecule has 152 valence electrons. The van der Waals surface area contributed by atoms with E-state index in [0.717, 1.165) is 17.9 Å². The van der Waals surface area contributed by atoms with Gasteiger partial charge in [0.1, 0.15) is 12.8 Å². The molecule has 30 heavy (non-hydrogen) atoms. The van der Waals surface area contributed by atoms with Crippen LogP contribution in [0.1, 0.15) is 43.0 Å². The van der Waals surface area contributed by atoms with E-state index in [2.05, 4.69) is 95.6 Å². The first-order valence-electron chi connectivity index (χ1n) is 10.8. The van der Waals surface area contributed by atoms with Crippen LogP contribution in [0.2, 0.25) is 0 Å². The standard InChI is InChI=1S/C28H30NO/c1-16-9-8-10-22-21(16)14-24-27(29(22)7)25-18(3)17(2)11-20-12-19(15-28(4,5)6)13-23(30-24)26(20)25/h8-14H,15H2,1-7H3/q+1. The van der Waals surface area contributed by atoms with Crippen LogP contribution in [0.25, 0.3) is 32.9 Å². The summed E-state index contributed by atoms with van der Waals surface area (Å²) < 4.78 is 8.93. The zero-order valence-electron chi connectivity index (χ0n) is 19.1. The zero-order valence-corrected chi connectivity index (χ0v) is 19.1. The number of benzene rings is 3. The van der Waals surface area contributed by atoms with Crippen LogP contribution in [-0.4, -0.2) is 0 Å². The van der Waals surface area contributed by atoms with Gasteiger partial charge in [0.2, 0.25) is 5.52 Å². The predicted octanol–water partition coefficient (Wildman–Crippen LogP) is 7.10. The Morgan fingerprint density at radius 2 is 1.67 bits per heavy atom. The van der Waals surface area contributed by atoms with E-state index in [4.69, 9.17) is 4.74 Å². The molecule has 1 aliphatic heterocycles. The van der Waals surface area contributed by atoms with E-state index >= 15 is 0 Å². The molecule has 0 unspecified atom stereocenters. The Bertz CT molecular complexity index is 1360. The van der Waals surface area contributed by atoms with Gasteiger partial charge in [-0.05, 0) is 66.3 Å². The molecule has 0 saturated heterocycles. The Kier molecular flexibility index (Phi) is 4.02. The normalized spacial score (nSPS) is 12.9. The lowest BCUT2D eigenvalue weighted by atomic mass is 9.85. The smallest absolute Gasteiger partial charge is 0.256 e. The number of aromatic nitrogens is 1. The molecular weight excluding hydrogens is 366 g/mol. The molecule has 5 rings (SSSR count). The minimum absolute atomic E-state index is 0.231. The molecule has 2 heterocycles. The van der Waals surface area contributed by atoms with E-state index in [-0.39, 0.29) is 5.41 Å². The summed E-state index contributed by atoms with van der Waals surface area (Å²) in [6.07, 6.45) is 1.03. The molecule has 2 nitrogen and oxygen atoms in total. The van der Waals surface area contributed by atoms with Crippen molar-refractivity contribution in [2.24, 2.45) is 12.5 Å². The van der Waals surface area contributed by atoms with Crippen LogP contribution in [0, 0.1) is 26.2 Å². The molecule has 1 aromatic heterocycles. The molecule has 0 fully saturated rings. The van der Waals surface area contributed by atoms with Crippen LogP contribution in [0.4, 0.5) is 0 Å². The summed E-state index contributed by atoms with van der Waals surface area (Å²) in [7, 11) is 2.16. The van der Waals surface area contributed by atoms with Crippen molar-refractivity contribution in [2.45, 2.75) is 48.0 Å². The number of aryl methyl sites for hydroxylation is 3. The van der Waals surface area contributed by atoms with Crippen molar-refractivity contribution in [3.05, 3.63) is 64.7 Å². The highest BCUT2D eigenvalue weighted by molar-refractivity contribution is 6.05. The topological polar surface area (TPSA) is 13.1 Å². The molecule has 2 heteroatoms. The van der Waals surface area contributed by atoms with Crippen LogP contribution < -0.4 is 9.30 Å². The molecule has 0 radical (unpaired) electrons. The summed E-state index contributed by atoms with van der Waals surface area (Å²) in [5.41, 5.74) is 9.23. The van der Waals surface area contributed by atoms with Crippen LogP contribution in [0.5, 0.6) is 11.5 Å². The average molecular weight is 397 g/mol. The molecular formula is C28H30NO+. The average Bonchev–Trinajstić information content (AvgIpc) is 2.64. The van der Waals surface area contributed by atoms with Gasteiger partial charge in [0.25, 0.3) is 5.69 Å². The molecule has 0 bridgehead atoms. The number of pyridine rings is 1. The molecule has 0 atom stereocenters. The van der Waals surface area contributed by atoms with Crippen LogP contribution >= 0.6 is 0 Å². The Labute approximate surface area is 179 Å². The fraction of sp³-hybridized carbons (Fsp3) is 0.321. The predicted molar refractivity (Wildman–Crippen MR) is 126 cm³/mol. The van der Waals surface area contributed by atoms with Crippen LogP contribution in [0.3, 0.4) is 0 Å². The third-order valence-electron chi connectivity index (χ3n) is 6.48. The maximum atomic E-state index is 6.62. The lowest BCUT2D eigenvalue weighted by molar-refractivity contribution is -0.633. The van der Waals surface area contributed by atoms with Crippen molar-refractivity contribution >= 4 is 21.7 Å². The summed E-state index contributed by atoms with van der Waals surface area (Å²) in [6, 6.07) is 15.7. The van der Waals surface area contributed by atoms with E-state index in [1.807, 2.05) is 0 Å². The van der Waals surface area contributed by atoms with Crippen molar-refractivity contribution in [3.8, 4) is 22.8 Å². The second-order valence-corrected chi connectivity index (χ2v) is 10.1. The largest absolute Gasteiger partial charge is 0.450 e. The van der Waals surface area contributed by atoms with Gasteiger partial charge in [0.05, 0.1) is 10.9 Å². The second-order valence-electron chi connectivity index (χ2n) is 10.1. The molecule has 4 aromatic rings. The minimum atomic E-state index is 0.231. The molecule has 0 aliphatic carbocycles. The van der Waals surface area contributed by atoms with Gasteiger partial charge in [0, 0.05) is 17.5 Å². The highest BCUT2D eigenvalue weighted by Crippen LogP contribution is 2.48. The summed E-state index contributed by atoms with van der Waals surface area (Å²) in [5.74, 6) is 1.94. The third-order valence-corrected chi connectivity index (χ3v) is 6.48. The van der Waals surface area contributed by atoms with Crippen molar-refractivity contribution in [1.29, 1.82) is 0 Å². The van der Waals surface area contributed by atoms with Gasteiger partial charge in [-0.15, -0.1) is 0 Å². The van der Waals surface area contributed by atoms with Crippen LogP contribution in [0.15, 0.2) is 42.5 Å². The summed E-state index contributed by atoms with van der Waals surface area (Å²) >= 11 is 0. The minimum Gasteiger partial charge on any atom is -0.450 e. The maximum absolute atomic E-state index is 6.62. The SMILES string of the molecule is Cc1cc2cc(CC(C)(C)C)cc3c2c(c1C)-c1c(cc2c(C)cccc2[n+]1C)O3. The lowest BCUT2D eigenvalue weighted by Gasteiger charge is -2.25. The Balaban J connectivity index is 1.89. The first-order valence-corrected chi connectivity index (χ1v) is 10.8. The highest BCUT2D eigenvalue weighted by atomic mass is 16.5. The van der Waals surface area contributed by atoms with Crippen molar-refractivity contribution < 1.29 is 9.30 Å². The van der Waals surface area contributed by atoms with Crippen molar-refractivity contribution in [3.63, 3.8) is 0 Å². The van der Waals surface area contributed by atoms with E-state index in [9.17, 15) is 0 Å². The fourth-order valence-corrected chi connectivity index (χ4v) is 5.01. The van der Waals surface area contributed by atoms with E-state index in [1.165, 1.54) is 55.2 Å². The summed E-state index contributed by atoms with van der Waals surface area (Å²) in [6.45, 7) is 13.5. The van der Waals surface area contributed by atoms with Crippen molar-refractivity contribution in [1.82, 2.24) is 0 Å². The van der Waals surface area contributed by atoms with Crippen LogP contribution in [-0.2, 0) is 13.5 Å². The van der Waals surface area contributed by atoms with Gasteiger partial charge in [0.15, 0.2) is 5.75 Å². The van der Waals surface area contributed by atoms with Gasteiger partial charge in [-0.3, -0.25) is 0 Å². The summed E-state index contributed by atoms with van der Waals surface area (Å²) in [4.78, 5) is 0. The number of rotatable bonds is 1. The molecule has 0 N–H and O–H groups in total. The zero-order chi connectivity index (χ0) is 21.4.